The molecule has 2 aliphatic rings. The van der Waals surface area contributed by atoms with E-state index in [0.29, 0.717) is 19.4 Å². The van der Waals surface area contributed by atoms with Crippen LogP contribution in [0.25, 0.3) is 0 Å². The van der Waals surface area contributed by atoms with E-state index in [2.05, 4.69) is 0 Å². The van der Waals surface area contributed by atoms with E-state index in [0.717, 1.165) is 0 Å². The van der Waals surface area contributed by atoms with Gasteiger partial charge in [-0.2, -0.15) is 0 Å². The molecule has 1 amide bonds. The van der Waals surface area contributed by atoms with Crippen molar-refractivity contribution in [2.75, 3.05) is 14.2 Å². The van der Waals surface area contributed by atoms with E-state index in [4.69, 9.17) is 16.3 Å². The lowest BCUT2D eigenvalue weighted by atomic mass is 9.71. The van der Waals surface area contributed by atoms with Crippen LogP contribution in [0.1, 0.15) is 45.7 Å². The lowest BCUT2D eigenvalue weighted by molar-refractivity contribution is -0.0848. The molecule has 1 saturated carbocycles. The highest BCUT2D eigenvalue weighted by atomic mass is 35.5. The largest absolute Gasteiger partial charge is 0.503 e. The van der Waals surface area contributed by atoms with Gasteiger partial charge >= 0.3 is 0 Å². The summed E-state index contributed by atoms with van der Waals surface area (Å²) in [5, 5.41) is 10.4. The number of ether oxygens (including phenoxy) is 1. The first kappa shape index (κ1) is 21.5. The Morgan fingerprint density at radius 2 is 2.06 bits per heavy atom. The average Bonchev–Trinajstić information content (AvgIpc) is 2.72. The van der Waals surface area contributed by atoms with E-state index in [-0.39, 0.29) is 40.8 Å². The standard InChI is InChI=1S/C22H22ClFN2O5/c1-25-21(30)18-20(29)19(28)14(10-26(18)11-22(25)8-13(9-22)31-2)16(27)7-6-12-4-3-5-15(23)17(12)24/h3-5,10,13,29H,6-9,11H2,1-2H3. The summed E-state index contributed by atoms with van der Waals surface area (Å²) in [7, 11) is 3.25. The van der Waals surface area contributed by atoms with Gasteiger partial charge in [0.1, 0.15) is 5.82 Å². The fourth-order valence-corrected chi connectivity index (χ4v) is 4.67. The first-order valence-corrected chi connectivity index (χ1v) is 10.3. The third-order valence-electron chi connectivity index (χ3n) is 6.44. The monoisotopic (exact) mass is 448 g/mol. The molecule has 31 heavy (non-hydrogen) atoms. The SMILES string of the molecule is COC1CC2(C1)Cn1cc(C(=O)CCc3cccc(Cl)c3F)c(=O)c(O)c1C(=O)N2C. The zero-order chi connectivity index (χ0) is 22.5. The van der Waals surface area contributed by atoms with Gasteiger partial charge in [0.05, 0.1) is 22.2 Å². The molecule has 7 nitrogen and oxygen atoms in total. The van der Waals surface area contributed by atoms with Crippen LogP contribution in [0.4, 0.5) is 4.39 Å². The first-order chi connectivity index (χ1) is 14.7. The number of pyridine rings is 1. The van der Waals surface area contributed by atoms with Crippen LogP contribution in [0.15, 0.2) is 29.2 Å². The third kappa shape index (κ3) is 3.43. The fraction of sp³-hybridized carbons (Fsp3) is 0.409. The molecule has 1 fully saturated rings. The normalized spacial score (nSPS) is 22.4. The van der Waals surface area contributed by atoms with Crippen LogP contribution in [-0.4, -0.2) is 52.1 Å². The highest BCUT2D eigenvalue weighted by Gasteiger charge is 2.53. The van der Waals surface area contributed by atoms with E-state index in [1.54, 1.807) is 25.1 Å². The molecule has 2 aromatic rings. The number of benzene rings is 1. The predicted octanol–water partition coefficient (Wildman–Crippen LogP) is 2.80. The maximum atomic E-state index is 14.1. The molecular weight excluding hydrogens is 427 g/mol. The molecule has 164 valence electrons. The maximum absolute atomic E-state index is 14.1. The van der Waals surface area contributed by atoms with Gasteiger partial charge in [-0.15, -0.1) is 0 Å². The van der Waals surface area contributed by atoms with E-state index in [1.165, 1.54) is 22.9 Å². The molecule has 0 radical (unpaired) electrons. The summed E-state index contributed by atoms with van der Waals surface area (Å²) in [6.45, 7) is 0.335. The minimum absolute atomic E-state index is 0.0264. The van der Waals surface area contributed by atoms with Gasteiger partial charge in [-0.05, 0) is 30.9 Å². The molecule has 1 aliphatic carbocycles. The summed E-state index contributed by atoms with van der Waals surface area (Å²) >= 11 is 5.77. The molecule has 0 bridgehead atoms. The number of nitrogens with zero attached hydrogens (tertiary/aromatic N) is 2. The lowest BCUT2D eigenvalue weighted by Gasteiger charge is -2.55. The van der Waals surface area contributed by atoms with Crippen molar-refractivity contribution < 1.29 is 23.8 Å². The molecule has 2 heterocycles. The number of carbonyl (C=O) groups is 2. The van der Waals surface area contributed by atoms with Gasteiger partial charge in [0.15, 0.2) is 17.2 Å². The van der Waals surface area contributed by atoms with Crippen LogP contribution in [0.3, 0.4) is 0 Å². The van der Waals surface area contributed by atoms with E-state index in [9.17, 15) is 23.9 Å². The minimum Gasteiger partial charge on any atom is -0.503 e. The molecule has 1 aliphatic heterocycles. The maximum Gasteiger partial charge on any atom is 0.274 e. The number of amides is 1. The van der Waals surface area contributed by atoms with Gasteiger partial charge in [-0.3, -0.25) is 14.4 Å². The van der Waals surface area contributed by atoms with Crippen LogP contribution < -0.4 is 5.43 Å². The number of methoxy groups -OCH3 is 1. The van der Waals surface area contributed by atoms with Gasteiger partial charge in [0.25, 0.3) is 5.91 Å². The second kappa shape index (κ2) is 7.76. The Balaban J connectivity index is 1.63. The van der Waals surface area contributed by atoms with Crippen molar-refractivity contribution in [3.63, 3.8) is 0 Å². The van der Waals surface area contributed by atoms with Crippen molar-refractivity contribution in [1.29, 1.82) is 0 Å². The summed E-state index contributed by atoms with van der Waals surface area (Å²) < 4.78 is 20.9. The van der Waals surface area contributed by atoms with Crippen molar-refractivity contribution >= 4 is 23.3 Å². The molecule has 0 unspecified atom stereocenters. The summed E-state index contributed by atoms with van der Waals surface area (Å²) in [6.07, 6.45) is 2.51. The van der Waals surface area contributed by atoms with Crippen molar-refractivity contribution in [2.24, 2.45) is 0 Å². The second-order valence-corrected chi connectivity index (χ2v) is 8.59. The Bertz CT molecular complexity index is 1140. The van der Waals surface area contributed by atoms with Crippen LogP contribution in [0, 0.1) is 5.82 Å². The van der Waals surface area contributed by atoms with Gasteiger partial charge < -0.3 is 19.3 Å². The molecule has 4 rings (SSSR count). The zero-order valence-corrected chi connectivity index (χ0v) is 17.9. The molecule has 1 aromatic heterocycles. The number of fused-ring (bicyclic) bond motifs is 1. The number of hydrogen-bond acceptors (Lipinski definition) is 5. The second-order valence-electron chi connectivity index (χ2n) is 8.19. The summed E-state index contributed by atoms with van der Waals surface area (Å²) in [6, 6.07) is 4.51. The fourth-order valence-electron chi connectivity index (χ4n) is 4.48. The highest BCUT2D eigenvalue weighted by Crippen LogP contribution is 2.44. The minimum atomic E-state index is -0.899. The first-order valence-electron chi connectivity index (χ1n) is 9.92. The Labute approximate surface area is 183 Å². The van der Waals surface area contributed by atoms with Crippen molar-refractivity contribution in [1.82, 2.24) is 9.47 Å². The van der Waals surface area contributed by atoms with Crippen LogP contribution in [0.2, 0.25) is 5.02 Å². The van der Waals surface area contributed by atoms with Gasteiger partial charge in [-0.1, -0.05) is 23.7 Å². The van der Waals surface area contributed by atoms with Crippen LogP contribution in [-0.2, 0) is 17.7 Å². The number of aromatic nitrogens is 1. The van der Waals surface area contributed by atoms with Gasteiger partial charge in [0, 0.05) is 33.3 Å². The lowest BCUT2D eigenvalue weighted by Crippen LogP contribution is -2.65. The predicted molar refractivity (Wildman–Crippen MR) is 111 cm³/mol. The van der Waals surface area contributed by atoms with Crippen LogP contribution >= 0.6 is 11.6 Å². The van der Waals surface area contributed by atoms with Crippen molar-refractivity contribution in [2.45, 2.75) is 43.9 Å². The van der Waals surface area contributed by atoms with E-state index >= 15 is 0 Å². The van der Waals surface area contributed by atoms with Crippen LogP contribution in [0.5, 0.6) is 5.75 Å². The van der Waals surface area contributed by atoms with E-state index in [1.807, 2.05) is 0 Å². The number of hydrogen-bond donors (Lipinski definition) is 1. The number of Topliss-reactive ketones (excluding diaryl/α,β-unsaturated/α-hetero) is 1. The Morgan fingerprint density at radius 1 is 1.35 bits per heavy atom. The molecule has 9 heteroatoms. The molecule has 1 N–H and O–H groups in total. The number of aromatic hydroxyl groups is 1. The third-order valence-corrected chi connectivity index (χ3v) is 6.73. The van der Waals surface area contributed by atoms with E-state index < -0.39 is 34.2 Å². The number of ketones is 1. The zero-order valence-electron chi connectivity index (χ0n) is 17.2. The average molecular weight is 449 g/mol. The molecule has 0 saturated heterocycles. The topological polar surface area (TPSA) is 88.8 Å². The highest BCUT2D eigenvalue weighted by molar-refractivity contribution is 6.30. The van der Waals surface area contributed by atoms with Gasteiger partial charge in [0.2, 0.25) is 5.43 Å². The Kier molecular flexibility index (Phi) is 5.39. The summed E-state index contributed by atoms with van der Waals surface area (Å²) in [4.78, 5) is 39.8. The summed E-state index contributed by atoms with van der Waals surface area (Å²) in [5.41, 5.74) is -1.48. The molecule has 0 atom stereocenters. The summed E-state index contributed by atoms with van der Waals surface area (Å²) in [5.74, 6) is -2.36. The number of likely N-dealkylation sites (N-methyl/N-ethyl adjacent to an activating group) is 1. The smallest absolute Gasteiger partial charge is 0.274 e. The molecule has 1 aromatic carbocycles. The van der Waals surface area contributed by atoms with Gasteiger partial charge in [-0.25, -0.2) is 4.39 Å². The number of aryl methyl sites for hydroxylation is 1. The number of carbonyl (C=O) groups excluding carboxylic acids is 2. The van der Waals surface area contributed by atoms with Crippen molar-refractivity contribution in [3.8, 4) is 5.75 Å². The molecular formula is C22H22ClFN2O5. The number of rotatable bonds is 5. The quantitative estimate of drug-likeness (QED) is 0.710. The molecule has 1 spiro atoms. The Morgan fingerprint density at radius 3 is 2.74 bits per heavy atom. The Hall–Kier alpha value is -2.71. The van der Waals surface area contributed by atoms with Crippen molar-refractivity contribution in [3.05, 3.63) is 62.3 Å². The number of halogens is 2.